The van der Waals surface area contributed by atoms with Crippen molar-refractivity contribution in [1.29, 1.82) is 0 Å². The molecule has 2 atom stereocenters. The maximum atomic E-state index is 5.33. The van der Waals surface area contributed by atoms with Gasteiger partial charge in [0.1, 0.15) is 0 Å². The summed E-state index contributed by atoms with van der Waals surface area (Å²) >= 11 is 3.51. The summed E-state index contributed by atoms with van der Waals surface area (Å²) in [6.45, 7) is 5.32. The second-order valence-electron chi connectivity index (χ2n) is 2.81. The van der Waals surface area contributed by atoms with Gasteiger partial charge in [0.2, 0.25) is 0 Å². The van der Waals surface area contributed by atoms with Gasteiger partial charge in [0.15, 0.2) is 0 Å². The van der Waals surface area contributed by atoms with Crippen LogP contribution in [-0.4, -0.2) is 17.0 Å². The summed E-state index contributed by atoms with van der Waals surface area (Å²) in [6.07, 6.45) is 2.31. The van der Waals surface area contributed by atoms with Crippen molar-refractivity contribution < 1.29 is 4.74 Å². The van der Waals surface area contributed by atoms with Gasteiger partial charge < -0.3 is 4.74 Å². The molecule has 0 aliphatic carbocycles. The Morgan fingerprint density at radius 3 is 2.44 bits per heavy atom. The molecule has 1 fully saturated rings. The minimum atomic E-state index is 0.267. The highest BCUT2D eigenvalue weighted by Crippen LogP contribution is 2.36. The summed E-state index contributed by atoms with van der Waals surface area (Å²) < 4.78 is 5.33. The van der Waals surface area contributed by atoms with E-state index in [-0.39, 0.29) is 5.60 Å². The summed E-state index contributed by atoms with van der Waals surface area (Å²) in [5, 5.41) is 0. The lowest BCUT2D eigenvalue weighted by molar-refractivity contribution is 0.282. The van der Waals surface area contributed by atoms with E-state index in [1.165, 1.54) is 0 Å². The minimum Gasteiger partial charge on any atom is -0.370 e. The zero-order chi connectivity index (χ0) is 6.91. The first kappa shape index (κ1) is 7.55. The largest absolute Gasteiger partial charge is 0.370 e. The molecular weight excluding hydrogens is 180 g/mol. The molecule has 1 nitrogen and oxygen atoms in total. The van der Waals surface area contributed by atoms with E-state index in [0.29, 0.717) is 4.83 Å². The Labute approximate surface area is 64.9 Å². The van der Waals surface area contributed by atoms with Crippen LogP contribution < -0.4 is 0 Å². The lowest BCUT2D eigenvalue weighted by atomic mass is 10.0. The molecule has 0 N–H and O–H groups in total. The summed E-state index contributed by atoms with van der Waals surface area (Å²) in [5.41, 5.74) is 0.267. The van der Waals surface area contributed by atoms with Gasteiger partial charge in [-0.25, -0.2) is 0 Å². The monoisotopic (exact) mass is 192 g/mol. The predicted molar refractivity (Wildman–Crippen MR) is 42.0 cm³/mol. The summed E-state index contributed by atoms with van der Waals surface area (Å²) in [7, 11) is 0. The number of epoxide rings is 1. The van der Waals surface area contributed by atoms with Crippen molar-refractivity contribution in [2.45, 2.75) is 37.1 Å². The Balaban J connectivity index is 2.25. The third-order valence-corrected chi connectivity index (χ3v) is 2.17. The molecule has 1 heterocycles. The van der Waals surface area contributed by atoms with Gasteiger partial charge in [-0.3, -0.25) is 0 Å². The van der Waals surface area contributed by atoms with Gasteiger partial charge in [0.25, 0.3) is 0 Å². The molecule has 1 aliphatic rings. The molecule has 54 valence electrons. The maximum Gasteiger partial charge on any atom is 0.0924 e. The van der Waals surface area contributed by atoms with E-state index in [2.05, 4.69) is 29.8 Å². The zero-order valence-electron chi connectivity index (χ0n) is 5.98. The Bertz CT molecular complexity index is 97.1. The van der Waals surface area contributed by atoms with E-state index in [1.54, 1.807) is 0 Å². The maximum absolute atomic E-state index is 5.33. The van der Waals surface area contributed by atoms with Crippen LogP contribution in [0.1, 0.15) is 26.7 Å². The standard InChI is InChI=1S/C7H13BrO/c1-3-7(5-9-7)4-6(2)8/h6H,3-5H2,1-2H3. The van der Waals surface area contributed by atoms with Crippen molar-refractivity contribution in [3.63, 3.8) is 0 Å². The average Bonchev–Trinajstić information content (AvgIpc) is 2.48. The molecular formula is C7H13BrO. The van der Waals surface area contributed by atoms with Crippen molar-refractivity contribution in [2.75, 3.05) is 6.61 Å². The Morgan fingerprint density at radius 2 is 2.33 bits per heavy atom. The molecule has 0 spiro atoms. The fraction of sp³-hybridized carbons (Fsp3) is 1.00. The van der Waals surface area contributed by atoms with E-state index >= 15 is 0 Å². The predicted octanol–water partition coefficient (Wildman–Crippen LogP) is 2.34. The van der Waals surface area contributed by atoms with Crippen molar-refractivity contribution in [2.24, 2.45) is 0 Å². The lowest BCUT2D eigenvalue weighted by Crippen LogP contribution is -2.13. The van der Waals surface area contributed by atoms with Gasteiger partial charge in [-0.2, -0.15) is 0 Å². The van der Waals surface area contributed by atoms with E-state index in [9.17, 15) is 0 Å². The normalized spacial score (nSPS) is 36.3. The van der Waals surface area contributed by atoms with Crippen LogP contribution in [0.3, 0.4) is 0 Å². The Morgan fingerprint density at radius 1 is 1.78 bits per heavy atom. The van der Waals surface area contributed by atoms with E-state index < -0.39 is 0 Å². The smallest absolute Gasteiger partial charge is 0.0924 e. The molecule has 2 heteroatoms. The highest BCUT2D eigenvalue weighted by atomic mass is 79.9. The van der Waals surface area contributed by atoms with E-state index in [1.807, 2.05) is 0 Å². The Hall–Kier alpha value is 0.440. The van der Waals surface area contributed by atoms with Crippen molar-refractivity contribution in [3.8, 4) is 0 Å². The van der Waals surface area contributed by atoms with Crippen LogP contribution in [0.2, 0.25) is 0 Å². The molecule has 9 heavy (non-hydrogen) atoms. The van der Waals surface area contributed by atoms with Crippen molar-refractivity contribution >= 4 is 15.9 Å². The van der Waals surface area contributed by atoms with Crippen LogP contribution in [0.25, 0.3) is 0 Å². The number of ether oxygens (including phenoxy) is 1. The molecule has 0 aromatic rings. The third-order valence-electron chi connectivity index (χ3n) is 1.85. The van der Waals surface area contributed by atoms with Crippen LogP contribution in [0, 0.1) is 0 Å². The first-order valence-electron chi connectivity index (χ1n) is 3.46. The van der Waals surface area contributed by atoms with E-state index in [4.69, 9.17) is 4.74 Å². The number of hydrogen-bond donors (Lipinski definition) is 0. The molecule has 0 radical (unpaired) electrons. The number of rotatable bonds is 3. The first-order valence-corrected chi connectivity index (χ1v) is 4.38. The molecule has 1 aliphatic heterocycles. The van der Waals surface area contributed by atoms with Gasteiger partial charge in [-0.1, -0.05) is 29.8 Å². The molecule has 1 saturated heterocycles. The van der Waals surface area contributed by atoms with Crippen LogP contribution in [0.4, 0.5) is 0 Å². The topological polar surface area (TPSA) is 12.5 Å². The van der Waals surface area contributed by atoms with Gasteiger partial charge in [-0.15, -0.1) is 0 Å². The van der Waals surface area contributed by atoms with Gasteiger partial charge in [-0.05, 0) is 12.8 Å². The van der Waals surface area contributed by atoms with Crippen molar-refractivity contribution in [3.05, 3.63) is 0 Å². The summed E-state index contributed by atoms with van der Waals surface area (Å²) in [5.74, 6) is 0. The molecule has 0 bridgehead atoms. The summed E-state index contributed by atoms with van der Waals surface area (Å²) in [6, 6.07) is 0. The quantitative estimate of drug-likeness (QED) is 0.495. The second-order valence-corrected chi connectivity index (χ2v) is 4.37. The second kappa shape index (κ2) is 2.59. The molecule has 0 saturated carbocycles. The fourth-order valence-corrected chi connectivity index (χ4v) is 1.67. The van der Waals surface area contributed by atoms with Gasteiger partial charge >= 0.3 is 0 Å². The van der Waals surface area contributed by atoms with E-state index in [0.717, 1.165) is 19.4 Å². The van der Waals surface area contributed by atoms with Gasteiger partial charge in [0, 0.05) is 4.83 Å². The summed E-state index contributed by atoms with van der Waals surface area (Å²) in [4.78, 5) is 0.597. The molecule has 1 rings (SSSR count). The van der Waals surface area contributed by atoms with Crippen LogP contribution >= 0.6 is 15.9 Å². The minimum absolute atomic E-state index is 0.267. The highest BCUT2D eigenvalue weighted by Gasteiger charge is 2.42. The Kier molecular flexibility index (Phi) is 2.17. The molecule has 0 aromatic heterocycles. The molecule has 0 aromatic carbocycles. The fourth-order valence-electron chi connectivity index (χ4n) is 1.08. The van der Waals surface area contributed by atoms with Gasteiger partial charge in [0.05, 0.1) is 12.2 Å². The molecule has 0 amide bonds. The highest BCUT2D eigenvalue weighted by molar-refractivity contribution is 9.09. The third kappa shape index (κ3) is 1.94. The number of hydrogen-bond acceptors (Lipinski definition) is 1. The van der Waals surface area contributed by atoms with Crippen LogP contribution in [-0.2, 0) is 4.74 Å². The van der Waals surface area contributed by atoms with Crippen LogP contribution in [0.5, 0.6) is 0 Å². The average molecular weight is 193 g/mol. The number of alkyl halides is 1. The molecule has 2 unspecified atom stereocenters. The van der Waals surface area contributed by atoms with Crippen molar-refractivity contribution in [1.82, 2.24) is 0 Å². The lowest BCUT2D eigenvalue weighted by Gasteiger charge is -2.09. The number of halogens is 1. The zero-order valence-corrected chi connectivity index (χ0v) is 7.57. The first-order chi connectivity index (χ1) is 4.18. The van der Waals surface area contributed by atoms with Crippen LogP contribution in [0.15, 0.2) is 0 Å². The SMILES string of the molecule is CCC1(CC(C)Br)CO1.